The molecule has 0 radical (unpaired) electrons. The van der Waals surface area contributed by atoms with Crippen molar-refractivity contribution < 1.29 is 5.11 Å². The van der Waals surface area contributed by atoms with Gasteiger partial charge in [-0.15, -0.1) is 5.10 Å². The number of nitrogens with zero attached hydrogens (tertiary/aromatic N) is 3. The fourth-order valence-corrected chi connectivity index (χ4v) is 2.37. The van der Waals surface area contributed by atoms with Crippen molar-refractivity contribution in [1.82, 2.24) is 14.8 Å². The molecule has 18 heavy (non-hydrogen) atoms. The zero-order valence-electron chi connectivity index (χ0n) is 10.2. The molecule has 5 heteroatoms. The van der Waals surface area contributed by atoms with Crippen molar-refractivity contribution in [3.8, 4) is 5.69 Å². The van der Waals surface area contributed by atoms with Gasteiger partial charge in [-0.3, -0.25) is 0 Å². The van der Waals surface area contributed by atoms with Crippen LogP contribution in [0.3, 0.4) is 0 Å². The van der Waals surface area contributed by atoms with Crippen LogP contribution in [0.4, 0.5) is 0 Å². The lowest BCUT2D eigenvalue weighted by molar-refractivity contribution is 0.284. The highest BCUT2D eigenvalue weighted by molar-refractivity contribution is 7.99. The quantitative estimate of drug-likeness (QED) is 0.616. The Balaban J connectivity index is 1.83. The van der Waals surface area contributed by atoms with Crippen LogP contribution in [0, 0.1) is 0 Å². The number of thioether (sulfide) groups is 1. The first-order valence-electron chi connectivity index (χ1n) is 6.11. The van der Waals surface area contributed by atoms with Crippen molar-refractivity contribution in [2.75, 3.05) is 12.4 Å². The zero-order valence-corrected chi connectivity index (χ0v) is 11.0. The third kappa shape index (κ3) is 3.85. The summed E-state index contributed by atoms with van der Waals surface area (Å²) < 4.78 is 1.79. The molecule has 1 N–H and O–H groups in total. The highest BCUT2D eigenvalue weighted by Crippen LogP contribution is 2.16. The van der Waals surface area contributed by atoms with Gasteiger partial charge in [0.05, 0.1) is 5.69 Å². The third-order valence-corrected chi connectivity index (χ3v) is 3.46. The zero-order chi connectivity index (χ0) is 12.6. The summed E-state index contributed by atoms with van der Waals surface area (Å²) in [6.45, 7) is 0.283. The number of para-hydroxylation sites is 1. The molecule has 0 aliphatic heterocycles. The molecular weight excluding hydrogens is 246 g/mol. The van der Waals surface area contributed by atoms with E-state index < -0.39 is 0 Å². The Labute approximate surface area is 111 Å². The van der Waals surface area contributed by atoms with Crippen molar-refractivity contribution in [1.29, 1.82) is 0 Å². The van der Waals surface area contributed by atoms with Crippen LogP contribution < -0.4 is 0 Å². The average Bonchev–Trinajstić information content (AvgIpc) is 2.88. The molecule has 2 rings (SSSR count). The maximum Gasteiger partial charge on any atom is 0.208 e. The van der Waals surface area contributed by atoms with Crippen LogP contribution in [-0.4, -0.2) is 32.2 Å². The third-order valence-electron chi connectivity index (χ3n) is 2.53. The van der Waals surface area contributed by atoms with E-state index in [2.05, 4.69) is 10.1 Å². The molecule has 0 saturated heterocycles. The van der Waals surface area contributed by atoms with Gasteiger partial charge in [-0.25, -0.2) is 9.67 Å². The number of aromatic nitrogens is 3. The highest BCUT2D eigenvalue weighted by Gasteiger charge is 2.02. The van der Waals surface area contributed by atoms with E-state index in [1.165, 1.54) is 0 Å². The standard InChI is InChI=1S/C13H17N3OS/c17-9-5-2-6-10-18-13-14-11-16(15-13)12-7-3-1-4-8-12/h1,3-4,7-8,11,17H,2,5-6,9-10H2. The van der Waals surface area contributed by atoms with Crippen molar-refractivity contribution in [3.05, 3.63) is 36.7 Å². The molecule has 0 bridgehead atoms. The van der Waals surface area contributed by atoms with Gasteiger partial charge in [0.1, 0.15) is 6.33 Å². The van der Waals surface area contributed by atoms with E-state index in [0.717, 1.165) is 35.9 Å². The Kier molecular flexibility index (Phi) is 5.23. The Morgan fingerprint density at radius 2 is 1.94 bits per heavy atom. The van der Waals surface area contributed by atoms with Gasteiger partial charge < -0.3 is 5.11 Å². The topological polar surface area (TPSA) is 50.9 Å². The predicted octanol–water partition coefficient (Wildman–Crippen LogP) is 2.52. The fraction of sp³-hybridized carbons (Fsp3) is 0.385. The maximum absolute atomic E-state index is 8.68. The molecule has 0 fully saturated rings. The summed E-state index contributed by atoms with van der Waals surface area (Å²) in [4.78, 5) is 4.28. The summed E-state index contributed by atoms with van der Waals surface area (Å²) in [5.74, 6) is 0.999. The van der Waals surface area contributed by atoms with Gasteiger partial charge in [0, 0.05) is 12.4 Å². The fourth-order valence-electron chi connectivity index (χ4n) is 1.57. The molecular formula is C13H17N3OS. The van der Waals surface area contributed by atoms with Gasteiger partial charge in [0.25, 0.3) is 0 Å². The summed E-state index contributed by atoms with van der Waals surface area (Å²) in [5.41, 5.74) is 1.03. The van der Waals surface area contributed by atoms with Crippen molar-refractivity contribution in [2.24, 2.45) is 0 Å². The number of hydrogen-bond donors (Lipinski definition) is 1. The molecule has 1 aromatic heterocycles. The summed E-state index contributed by atoms with van der Waals surface area (Å²) in [7, 11) is 0. The number of rotatable bonds is 7. The van der Waals surface area contributed by atoms with Crippen LogP contribution in [0.15, 0.2) is 41.8 Å². The Hall–Kier alpha value is -1.33. The first kappa shape index (κ1) is 13.1. The predicted molar refractivity (Wildman–Crippen MR) is 73.0 cm³/mol. The first-order valence-corrected chi connectivity index (χ1v) is 7.09. The molecule has 0 aliphatic rings. The lowest BCUT2D eigenvalue weighted by atomic mass is 10.3. The Bertz CT molecular complexity index is 458. The van der Waals surface area contributed by atoms with Gasteiger partial charge in [-0.1, -0.05) is 36.4 Å². The van der Waals surface area contributed by atoms with Crippen LogP contribution in [-0.2, 0) is 0 Å². The van der Waals surface area contributed by atoms with Crippen molar-refractivity contribution in [2.45, 2.75) is 24.4 Å². The van der Waals surface area contributed by atoms with Gasteiger partial charge in [0.2, 0.25) is 5.16 Å². The van der Waals surface area contributed by atoms with E-state index in [9.17, 15) is 0 Å². The number of hydrogen-bond acceptors (Lipinski definition) is 4. The summed E-state index contributed by atoms with van der Waals surface area (Å²) in [6.07, 6.45) is 4.77. The second-order valence-electron chi connectivity index (χ2n) is 3.94. The van der Waals surface area contributed by atoms with E-state index in [-0.39, 0.29) is 6.61 Å². The van der Waals surface area contributed by atoms with Gasteiger partial charge in [-0.05, 0) is 25.0 Å². The van der Waals surface area contributed by atoms with Crippen LogP contribution in [0.25, 0.3) is 5.69 Å². The van der Waals surface area contributed by atoms with E-state index in [1.807, 2.05) is 30.3 Å². The molecule has 0 atom stereocenters. The highest BCUT2D eigenvalue weighted by atomic mass is 32.2. The number of unbranched alkanes of at least 4 members (excludes halogenated alkanes) is 2. The van der Waals surface area contributed by atoms with E-state index in [0.29, 0.717) is 0 Å². The Morgan fingerprint density at radius 1 is 1.11 bits per heavy atom. The monoisotopic (exact) mass is 263 g/mol. The van der Waals surface area contributed by atoms with E-state index in [4.69, 9.17) is 5.11 Å². The molecule has 2 aromatic rings. The largest absolute Gasteiger partial charge is 0.396 e. The maximum atomic E-state index is 8.68. The summed E-state index contributed by atoms with van der Waals surface area (Å²) in [6, 6.07) is 9.96. The molecule has 0 spiro atoms. The molecule has 0 unspecified atom stereocenters. The van der Waals surface area contributed by atoms with Crippen LogP contribution in [0.2, 0.25) is 0 Å². The lowest BCUT2D eigenvalue weighted by Gasteiger charge is -1.98. The second-order valence-corrected chi connectivity index (χ2v) is 5.00. The minimum atomic E-state index is 0.283. The molecule has 1 aromatic carbocycles. The van der Waals surface area contributed by atoms with Gasteiger partial charge >= 0.3 is 0 Å². The average molecular weight is 263 g/mol. The molecule has 96 valence electrons. The summed E-state index contributed by atoms with van der Waals surface area (Å²) >= 11 is 1.66. The van der Waals surface area contributed by atoms with Crippen LogP contribution in [0.5, 0.6) is 0 Å². The SMILES string of the molecule is OCCCCCSc1ncn(-c2ccccc2)n1. The minimum absolute atomic E-state index is 0.283. The molecule has 0 saturated carbocycles. The van der Waals surface area contributed by atoms with E-state index >= 15 is 0 Å². The normalized spacial score (nSPS) is 10.7. The van der Waals surface area contributed by atoms with Crippen molar-refractivity contribution >= 4 is 11.8 Å². The minimum Gasteiger partial charge on any atom is -0.396 e. The van der Waals surface area contributed by atoms with Gasteiger partial charge in [0.15, 0.2) is 0 Å². The number of aliphatic hydroxyl groups excluding tert-OH is 1. The second kappa shape index (κ2) is 7.18. The number of benzene rings is 1. The molecule has 0 aliphatic carbocycles. The number of aliphatic hydroxyl groups is 1. The first-order chi connectivity index (χ1) is 8.90. The molecule has 0 amide bonds. The van der Waals surface area contributed by atoms with E-state index in [1.54, 1.807) is 22.8 Å². The lowest BCUT2D eigenvalue weighted by Crippen LogP contribution is -1.93. The van der Waals surface area contributed by atoms with Crippen LogP contribution >= 0.6 is 11.8 Å². The van der Waals surface area contributed by atoms with Gasteiger partial charge in [-0.2, -0.15) is 0 Å². The van der Waals surface area contributed by atoms with Crippen molar-refractivity contribution in [3.63, 3.8) is 0 Å². The molecule has 4 nitrogen and oxygen atoms in total. The Morgan fingerprint density at radius 3 is 2.72 bits per heavy atom. The smallest absolute Gasteiger partial charge is 0.208 e. The summed E-state index contributed by atoms with van der Waals surface area (Å²) in [5, 5.41) is 13.9. The van der Waals surface area contributed by atoms with Crippen LogP contribution in [0.1, 0.15) is 19.3 Å². The molecule has 1 heterocycles.